The lowest BCUT2D eigenvalue weighted by Crippen LogP contribution is -2.11. The van der Waals surface area contributed by atoms with Crippen molar-refractivity contribution in [3.05, 3.63) is 35.7 Å². The van der Waals surface area contributed by atoms with E-state index in [9.17, 15) is 13.2 Å². The summed E-state index contributed by atoms with van der Waals surface area (Å²) >= 11 is 0.669. The van der Waals surface area contributed by atoms with Crippen LogP contribution < -0.4 is 4.90 Å². The topological polar surface area (TPSA) is 52.8 Å². The van der Waals surface area contributed by atoms with Crippen molar-refractivity contribution >= 4 is 22.4 Å². The first-order chi connectivity index (χ1) is 8.91. The van der Waals surface area contributed by atoms with Crippen LogP contribution in [0.1, 0.15) is 11.4 Å². The molecule has 19 heavy (non-hydrogen) atoms. The molecule has 1 aromatic carbocycles. The predicted molar refractivity (Wildman–Crippen MR) is 64.1 cm³/mol. The second-order valence-electron chi connectivity index (χ2n) is 3.62. The minimum absolute atomic E-state index is 0.136. The van der Waals surface area contributed by atoms with E-state index in [1.54, 1.807) is 31.3 Å². The lowest BCUT2D eigenvalue weighted by molar-refractivity contribution is -0.144. The molecule has 0 aliphatic carbocycles. The van der Waals surface area contributed by atoms with Gasteiger partial charge in [0.1, 0.15) is 0 Å². The Balaban J connectivity index is 2.26. The fraction of sp³-hybridized carbons (Fsp3) is 0.182. The first-order valence-electron chi connectivity index (χ1n) is 5.06. The van der Waals surface area contributed by atoms with Gasteiger partial charge in [0, 0.05) is 24.3 Å². The summed E-state index contributed by atoms with van der Waals surface area (Å²) in [5.74, 6) is -1.15. The van der Waals surface area contributed by atoms with E-state index in [1.807, 2.05) is 6.07 Å². The largest absolute Gasteiger partial charge is 0.452 e. The quantitative estimate of drug-likeness (QED) is 0.849. The Bertz CT molecular complexity index is 612. The normalized spacial score (nSPS) is 11.1. The van der Waals surface area contributed by atoms with Crippen molar-refractivity contribution in [3.63, 3.8) is 0 Å². The molecule has 98 valence electrons. The number of nitriles is 1. The minimum atomic E-state index is -4.54. The number of hydrogen-bond acceptors (Lipinski definition) is 5. The van der Waals surface area contributed by atoms with Gasteiger partial charge in [0.05, 0.1) is 11.6 Å². The molecule has 0 aliphatic heterocycles. The SMILES string of the molecule is CN(c1ccc(C#N)cc1)c1nc(C(F)(F)F)ns1. The molecule has 0 fully saturated rings. The van der Waals surface area contributed by atoms with Gasteiger partial charge in [-0.2, -0.15) is 27.8 Å². The number of aromatic nitrogens is 2. The van der Waals surface area contributed by atoms with Crippen LogP contribution in [0.25, 0.3) is 0 Å². The van der Waals surface area contributed by atoms with E-state index in [0.29, 0.717) is 22.8 Å². The number of rotatable bonds is 2. The highest BCUT2D eigenvalue weighted by Gasteiger charge is 2.36. The lowest BCUT2D eigenvalue weighted by atomic mass is 10.2. The number of nitrogens with zero attached hydrogens (tertiary/aromatic N) is 4. The van der Waals surface area contributed by atoms with Crippen LogP contribution in [-0.4, -0.2) is 16.4 Å². The molecular weight excluding hydrogens is 277 g/mol. The van der Waals surface area contributed by atoms with Crippen molar-refractivity contribution in [1.29, 1.82) is 5.26 Å². The van der Waals surface area contributed by atoms with Crippen LogP contribution in [0.4, 0.5) is 24.0 Å². The molecule has 0 N–H and O–H groups in total. The molecule has 2 aromatic rings. The first-order valence-corrected chi connectivity index (χ1v) is 5.84. The molecular formula is C11H7F3N4S. The Morgan fingerprint density at radius 3 is 2.37 bits per heavy atom. The van der Waals surface area contributed by atoms with Crippen molar-refractivity contribution in [2.24, 2.45) is 0 Å². The molecule has 0 bridgehead atoms. The fourth-order valence-electron chi connectivity index (χ4n) is 1.34. The molecule has 0 atom stereocenters. The Labute approximate surface area is 110 Å². The highest BCUT2D eigenvalue weighted by atomic mass is 32.1. The van der Waals surface area contributed by atoms with Crippen LogP contribution in [-0.2, 0) is 6.18 Å². The predicted octanol–water partition coefficient (Wildman–Crippen LogP) is 3.20. The van der Waals surface area contributed by atoms with E-state index in [4.69, 9.17) is 5.26 Å². The summed E-state index contributed by atoms with van der Waals surface area (Å²) < 4.78 is 40.5. The minimum Gasteiger partial charge on any atom is -0.320 e. The summed E-state index contributed by atoms with van der Waals surface area (Å²) in [5, 5.41) is 8.80. The maximum absolute atomic E-state index is 12.4. The zero-order chi connectivity index (χ0) is 14.0. The standard InChI is InChI=1S/C11H7F3N4S/c1-18(8-4-2-7(6-15)3-5-8)10-16-9(17-19-10)11(12,13)14/h2-5H,1H3. The van der Waals surface area contributed by atoms with Gasteiger partial charge in [-0.3, -0.25) is 0 Å². The highest BCUT2D eigenvalue weighted by molar-refractivity contribution is 7.09. The van der Waals surface area contributed by atoms with Crippen LogP contribution >= 0.6 is 11.5 Å². The van der Waals surface area contributed by atoms with Gasteiger partial charge in [-0.15, -0.1) is 0 Å². The van der Waals surface area contributed by atoms with E-state index in [0.717, 1.165) is 0 Å². The number of alkyl halides is 3. The lowest BCUT2D eigenvalue weighted by Gasteiger charge is -2.14. The monoisotopic (exact) mass is 284 g/mol. The third kappa shape index (κ3) is 2.82. The average molecular weight is 284 g/mol. The van der Waals surface area contributed by atoms with Crippen LogP contribution in [0.3, 0.4) is 0 Å². The van der Waals surface area contributed by atoms with E-state index >= 15 is 0 Å². The molecule has 0 amide bonds. The first kappa shape index (κ1) is 13.3. The molecule has 1 aromatic heterocycles. The van der Waals surface area contributed by atoms with E-state index in [1.165, 1.54) is 4.90 Å². The number of hydrogen-bond donors (Lipinski definition) is 0. The molecule has 4 nitrogen and oxygen atoms in total. The van der Waals surface area contributed by atoms with Gasteiger partial charge >= 0.3 is 6.18 Å². The van der Waals surface area contributed by atoms with Crippen molar-refractivity contribution in [2.45, 2.75) is 6.18 Å². The van der Waals surface area contributed by atoms with Crippen LogP contribution in [0.5, 0.6) is 0 Å². The summed E-state index contributed by atoms with van der Waals surface area (Å²) in [4.78, 5) is 4.92. The Morgan fingerprint density at radius 2 is 1.89 bits per heavy atom. The van der Waals surface area contributed by atoms with Gasteiger partial charge in [-0.25, -0.2) is 0 Å². The molecule has 2 rings (SSSR count). The Kier molecular flexibility index (Phi) is 3.40. The Morgan fingerprint density at radius 1 is 1.26 bits per heavy atom. The van der Waals surface area contributed by atoms with Gasteiger partial charge in [0.15, 0.2) is 0 Å². The molecule has 0 aliphatic rings. The van der Waals surface area contributed by atoms with Crippen LogP contribution in [0.2, 0.25) is 0 Å². The summed E-state index contributed by atoms with van der Waals surface area (Å²) in [5.41, 5.74) is 1.11. The highest BCUT2D eigenvalue weighted by Crippen LogP contribution is 2.32. The summed E-state index contributed by atoms with van der Waals surface area (Å²) in [6.45, 7) is 0. The van der Waals surface area contributed by atoms with E-state index < -0.39 is 12.0 Å². The molecule has 0 radical (unpaired) electrons. The molecule has 1 heterocycles. The molecule has 0 spiro atoms. The van der Waals surface area contributed by atoms with E-state index in [-0.39, 0.29) is 5.13 Å². The summed E-state index contributed by atoms with van der Waals surface area (Å²) in [6.07, 6.45) is -4.54. The fourth-order valence-corrected chi connectivity index (χ4v) is 2.00. The number of anilines is 2. The molecule has 0 saturated carbocycles. The number of halogens is 3. The van der Waals surface area contributed by atoms with Crippen LogP contribution in [0.15, 0.2) is 24.3 Å². The van der Waals surface area contributed by atoms with Gasteiger partial charge in [-0.05, 0) is 24.3 Å². The maximum atomic E-state index is 12.4. The van der Waals surface area contributed by atoms with E-state index in [2.05, 4.69) is 9.36 Å². The van der Waals surface area contributed by atoms with Gasteiger partial charge < -0.3 is 4.90 Å². The third-order valence-electron chi connectivity index (χ3n) is 2.34. The third-order valence-corrected chi connectivity index (χ3v) is 3.13. The number of benzene rings is 1. The van der Waals surface area contributed by atoms with Gasteiger partial charge in [-0.1, -0.05) is 0 Å². The second kappa shape index (κ2) is 4.85. The molecule has 0 unspecified atom stereocenters. The van der Waals surface area contributed by atoms with Crippen molar-refractivity contribution in [1.82, 2.24) is 9.36 Å². The van der Waals surface area contributed by atoms with Crippen molar-refractivity contribution in [2.75, 3.05) is 11.9 Å². The maximum Gasteiger partial charge on any atom is 0.452 e. The zero-order valence-corrected chi connectivity index (χ0v) is 10.5. The average Bonchev–Trinajstić information content (AvgIpc) is 2.87. The molecule has 8 heteroatoms. The second-order valence-corrected chi connectivity index (χ2v) is 4.35. The van der Waals surface area contributed by atoms with Crippen LogP contribution in [0, 0.1) is 11.3 Å². The van der Waals surface area contributed by atoms with Gasteiger partial charge in [0.25, 0.3) is 0 Å². The molecule has 0 saturated heterocycles. The zero-order valence-electron chi connectivity index (χ0n) is 9.64. The van der Waals surface area contributed by atoms with Crippen molar-refractivity contribution in [3.8, 4) is 6.07 Å². The smallest absolute Gasteiger partial charge is 0.320 e. The Hall–Kier alpha value is -2.14. The summed E-state index contributed by atoms with van der Waals surface area (Å²) in [7, 11) is 1.59. The van der Waals surface area contributed by atoms with Crippen molar-refractivity contribution < 1.29 is 13.2 Å². The summed E-state index contributed by atoms with van der Waals surface area (Å²) in [6, 6.07) is 8.39. The van der Waals surface area contributed by atoms with Gasteiger partial charge in [0.2, 0.25) is 11.0 Å².